The van der Waals surface area contributed by atoms with Crippen molar-refractivity contribution in [3.63, 3.8) is 0 Å². The molecule has 4 rings (SSSR count). The van der Waals surface area contributed by atoms with Crippen LogP contribution in [-0.2, 0) is 11.3 Å². The molecule has 3 amide bonds. The van der Waals surface area contributed by atoms with E-state index in [1.54, 1.807) is 4.90 Å². The molecule has 172 valence electrons. The van der Waals surface area contributed by atoms with Gasteiger partial charge in [0.05, 0.1) is 12.5 Å². The number of furan rings is 1. The second kappa shape index (κ2) is 9.90. The van der Waals surface area contributed by atoms with Crippen molar-refractivity contribution in [2.75, 3.05) is 18.4 Å². The maximum absolute atomic E-state index is 13.0. The van der Waals surface area contributed by atoms with Crippen LogP contribution in [0.5, 0.6) is 0 Å². The number of aromatic nitrogens is 2. The van der Waals surface area contributed by atoms with E-state index < -0.39 is 11.7 Å². The number of halogens is 1. The van der Waals surface area contributed by atoms with Gasteiger partial charge in [0, 0.05) is 18.8 Å². The van der Waals surface area contributed by atoms with E-state index in [0.29, 0.717) is 37.4 Å². The van der Waals surface area contributed by atoms with Crippen LogP contribution in [0.25, 0.3) is 0 Å². The number of amides is 3. The summed E-state index contributed by atoms with van der Waals surface area (Å²) in [6.45, 7) is 2.89. The molecule has 0 bridgehead atoms. The Kier molecular flexibility index (Phi) is 6.78. The highest BCUT2D eigenvalue weighted by Crippen LogP contribution is 2.21. The molecule has 1 saturated heterocycles. The van der Waals surface area contributed by atoms with Gasteiger partial charge in [-0.15, -0.1) is 10.2 Å². The van der Waals surface area contributed by atoms with Crippen LogP contribution in [0.1, 0.15) is 44.0 Å². The molecule has 3 aromatic rings. The number of hydrogen-bond donors (Lipinski definition) is 2. The number of nitrogens with one attached hydrogen (secondary N) is 2. The first kappa shape index (κ1) is 22.6. The number of hydrogen-bond acceptors (Lipinski definition) is 7. The third-order valence-corrected chi connectivity index (χ3v) is 6.13. The standard InChI is InChI=1S/C22H22FN5O4S/c1-13-4-9-17(32-13)11-24-18(29)14-3-2-10-28(12-14)22(31)21-27-26-20(33-21)19(30)25-16-7-5-15(23)6-8-16/h4-9,14H,2-3,10-12H2,1H3,(H,24,29)(H,25,30). The lowest BCUT2D eigenvalue weighted by Gasteiger charge is -2.31. The first-order valence-electron chi connectivity index (χ1n) is 10.4. The Hall–Kier alpha value is -3.60. The number of likely N-dealkylation sites (tertiary alicyclic amines) is 1. The van der Waals surface area contributed by atoms with E-state index in [-0.39, 0.29) is 34.3 Å². The molecule has 2 aromatic heterocycles. The Morgan fingerprint density at radius 1 is 1.15 bits per heavy atom. The van der Waals surface area contributed by atoms with Crippen molar-refractivity contribution < 1.29 is 23.2 Å². The van der Waals surface area contributed by atoms with Crippen LogP contribution >= 0.6 is 11.3 Å². The van der Waals surface area contributed by atoms with Crippen molar-refractivity contribution in [1.82, 2.24) is 20.4 Å². The van der Waals surface area contributed by atoms with Gasteiger partial charge in [-0.3, -0.25) is 14.4 Å². The maximum Gasteiger partial charge on any atom is 0.286 e. The molecule has 0 aliphatic carbocycles. The largest absolute Gasteiger partial charge is 0.465 e. The van der Waals surface area contributed by atoms with E-state index in [2.05, 4.69) is 20.8 Å². The van der Waals surface area contributed by atoms with Crippen LogP contribution in [0.4, 0.5) is 10.1 Å². The lowest BCUT2D eigenvalue weighted by atomic mass is 9.97. The summed E-state index contributed by atoms with van der Waals surface area (Å²) in [6, 6.07) is 8.94. The van der Waals surface area contributed by atoms with Gasteiger partial charge in [-0.2, -0.15) is 0 Å². The van der Waals surface area contributed by atoms with Gasteiger partial charge < -0.3 is 20.0 Å². The SMILES string of the molecule is Cc1ccc(CNC(=O)C2CCCN(C(=O)c3nnc(C(=O)Nc4ccc(F)cc4)s3)C2)o1. The Morgan fingerprint density at radius 3 is 2.64 bits per heavy atom. The highest BCUT2D eigenvalue weighted by Gasteiger charge is 2.31. The van der Waals surface area contributed by atoms with Crippen LogP contribution in [-0.4, -0.2) is 45.9 Å². The zero-order valence-electron chi connectivity index (χ0n) is 17.8. The molecule has 1 unspecified atom stereocenters. The van der Waals surface area contributed by atoms with Crippen LogP contribution in [0, 0.1) is 18.7 Å². The molecule has 0 radical (unpaired) electrons. The van der Waals surface area contributed by atoms with Crippen molar-refractivity contribution in [3.8, 4) is 0 Å². The third-order valence-electron chi connectivity index (χ3n) is 5.22. The number of benzene rings is 1. The van der Waals surface area contributed by atoms with Crippen molar-refractivity contribution in [1.29, 1.82) is 0 Å². The normalized spacial score (nSPS) is 15.8. The van der Waals surface area contributed by atoms with Gasteiger partial charge in [0.1, 0.15) is 17.3 Å². The van der Waals surface area contributed by atoms with E-state index in [9.17, 15) is 18.8 Å². The summed E-state index contributed by atoms with van der Waals surface area (Å²) in [4.78, 5) is 39.4. The summed E-state index contributed by atoms with van der Waals surface area (Å²) in [5, 5.41) is 13.2. The minimum absolute atomic E-state index is 0.0164. The van der Waals surface area contributed by atoms with E-state index in [4.69, 9.17) is 4.42 Å². The number of aryl methyl sites for hydroxylation is 1. The molecule has 3 heterocycles. The fraction of sp³-hybridized carbons (Fsp3) is 0.318. The highest BCUT2D eigenvalue weighted by atomic mass is 32.1. The van der Waals surface area contributed by atoms with Crippen LogP contribution in [0.15, 0.2) is 40.8 Å². The van der Waals surface area contributed by atoms with Gasteiger partial charge in [-0.1, -0.05) is 11.3 Å². The zero-order valence-corrected chi connectivity index (χ0v) is 18.7. The van der Waals surface area contributed by atoms with Crippen LogP contribution in [0.2, 0.25) is 0 Å². The van der Waals surface area contributed by atoms with Crippen molar-refractivity contribution >= 4 is 34.7 Å². The number of carbonyl (C=O) groups excluding carboxylic acids is 3. The highest BCUT2D eigenvalue weighted by molar-refractivity contribution is 7.15. The van der Waals surface area contributed by atoms with Gasteiger partial charge in [-0.05, 0) is 56.2 Å². The number of anilines is 1. The zero-order chi connectivity index (χ0) is 23.4. The van der Waals surface area contributed by atoms with E-state index in [0.717, 1.165) is 17.1 Å². The Morgan fingerprint density at radius 2 is 1.91 bits per heavy atom. The van der Waals surface area contributed by atoms with Gasteiger partial charge >= 0.3 is 0 Å². The van der Waals surface area contributed by atoms with Gasteiger partial charge in [0.25, 0.3) is 11.8 Å². The fourth-order valence-electron chi connectivity index (χ4n) is 3.53. The lowest BCUT2D eigenvalue weighted by molar-refractivity contribution is -0.126. The second-order valence-electron chi connectivity index (χ2n) is 7.69. The molecule has 0 spiro atoms. The molecule has 33 heavy (non-hydrogen) atoms. The predicted molar refractivity (Wildman–Crippen MR) is 118 cm³/mol. The van der Waals surface area contributed by atoms with Gasteiger partial charge in [0.2, 0.25) is 15.9 Å². The van der Waals surface area contributed by atoms with Crippen LogP contribution < -0.4 is 10.6 Å². The van der Waals surface area contributed by atoms with Gasteiger partial charge in [0.15, 0.2) is 0 Å². The quantitative estimate of drug-likeness (QED) is 0.571. The molecule has 1 aliphatic heterocycles. The topological polar surface area (TPSA) is 117 Å². The molecule has 1 fully saturated rings. The summed E-state index contributed by atoms with van der Waals surface area (Å²) < 4.78 is 18.5. The van der Waals surface area contributed by atoms with Crippen molar-refractivity contribution in [2.24, 2.45) is 5.92 Å². The third kappa shape index (κ3) is 5.61. The first-order valence-corrected chi connectivity index (χ1v) is 11.2. The minimum atomic E-state index is -0.540. The summed E-state index contributed by atoms with van der Waals surface area (Å²) in [5.74, 6) is -0.358. The smallest absolute Gasteiger partial charge is 0.286 e. The molecular weight excluding hydrogens is 449 g/mol. The Balaban J connectivity index is 1.33. The average Bonchev–Trinajstić information content (AvgIpc) is 3.48. The fourth-order valence-corrected chi connectivity index (χ4v) is 4.24. The number of nitrogens with zero attached hydrogens (tertiary/aromatic N) is 3. The molecule has 0 saturated carbocycles. The molecule has 1 aliphatic rings. The summed E-state index contributed by atoms with van der Waals surface area (Å²) in [5.41, 5.74) is 0.402. The summed E-state index contributed by atoms with van der Waals surface area (Å²) in [7, 11) is 0. The van der Waals surface area contributed by atoms with Crippen LogP contribution in [0.3, 0.4) is 0 Å². The Bertz CT molecular complexity index is 1160. The van der Waals surface area contributed by atoms with E-state index in [1.807, 2.05) is 19.1 Å². The lowest BCUT2D eigenvalue weighted by Crippen LogP contribution is -2.45. The van der Waals surface area contributed by atoms with E-state index >= 15 is 0 Å². The molecule has 9 nitrogen and oxygen atoms in total. The number of piperidine rings is 1. The Labute approximate surface area is 193 Å². The van der Waals surface area contributed by atoms with Crippen molar-refractivity contribution in [2.45, 2.75) is 26.3 Å². The number of rotatable bonds is 6. The molecule has 2 N–H and O–H groups in total. The minimum Gasteiger partial charge on any atom is -0.465 e. The second-order valence-corrected chi connectivity index (χ2v) is 8.67. The predicted octanol–water partition coefficient (Wildman–Crippen LogP) is 3.00. The molecular formula is C22H22FN5O4S. The van der Waals surface area contributed by atoms with Crippen molar-refractivity contribution in [3.05, 3.63) is 63.8 Å². The first-order chi connectivity index (χ1) is 15.9. The van der Waals surface area contributed by atoms with E-state index in [1.165, 1.54) is 24.3 Å². The summed E-state index contributed by atoms with van der Waals surface area (Å²) in [6.07, 6.45) is 1.36. The maximum atomic E-state index is 13.0. The average molecular weight is 472 g/mol. The number of carbonyl (C=O) groups is 3. The monoisotopic (exact) mass is 471 g/mol. The molecule has 1 atom stereocenters. The molecule has 11 heteroatoms. The van der Waals surface area contributed by atoms with Gasteiger partial charge in [-0.25, -0.2) is 4.39 Å². The summed E-state index contributed by atoms with van der Waals surface area (Å²) >= 11 is 0.872. The molecule has 1 aromatic carbocycles.